The van der Waals surface area contributed by atoms with Crippen LogP contribution >= 0.6 is 0 Å². The monoisotopic (exact) mass is 485 g/mol. The van der Waals surface area contributed by atoms with Crippen LogP contribution in [0.15, 0.2) is 41.6 Å². The summed E-state index contributed by atoms with van der Waals surface area (Å²) in [7, 11) is 3.23. The lowest BCUT2D eigenvalue weighted by Crippen LogP contribution is -2.51. The lowest BCUT2D eigenvalue weighted by molar-refractivity contribution is 0.00602. The molecule has 35 heavy (non-hydrogen) atoms. The largest absolute Gasteiger partial charge is 0.493 e. The van der Waals surface area contributed by atoms with Crippen LogP contribution in [0.2, 0.25) is 0 Å². The SMILES string of the molecule is COc1cc2c(cc1OC)C1=NOC(CN3CCN(CC(C)Oc4cccc(F)c4)CC3)C1CO2. The molecule has 3 unspecified atom stereocenters. The number of ether oxygens (including phenoxy) is 4. The third kappa shape index (κ3) is 5.16. The summed E-state index contributed by atoms with van der Waals surface area (Å²) >= 11 is 0. The van der Waals surface area contributed by atoms with Crippen molar-refractivity contribution in [3.63, 3.8) is 0 Å². The van der Waals surface area contributed by atoms with E-state index in [2.05, 4.69) is 15.0 Å². The Morgan fingerprint density at radius 3 is 2.54 bits per heavy atom. The number of rotatable bonds is 8. The number of fused-ring (bicyclic) bond motifs is 3. The van der Waals surface area contributed by atoms with Crippen molar-refractivity contribution in [2.75, 3.05) is 60.1 Å². The van der Waals surface area contributed by atoms with E-state index in [0.717, 1.165) is 56.3 Å². The van der Waals surface area contributed by atoms with E-state index in [1.165, 1.54) is 12.1 Å². The third-order valence-electron chi connectivity index (χ3n) is 6.82. The van der Waals surface area contributed by atoms with Gasteiger partial charge in [0.25, 0.3) is 0 Å². The third-order valence-corrected chi connectivity index (χ3v) is 6.82. The van der Waals surface area contributed by atoms with Gasteiger partial charge in [-0.3, -0.25) is 9.80 Å². The summed E-state index contributed by atoms with van der Waals surface area (Å²) in [5.41, 5.74) is 1.82. The fourth-order valence-corrected chi connectivity index (χ4v) is 4.98. The molecule has 0 N–H and O–H groups in total. The molecule has 1 fully saturated rings. The number of piperazine rings is 1. The molecule has 0 radical (unpaired) electrons. The van der Waals surface area contributed by atoms with E-state index in [1.54, 1.807) is 26.4 Å². The van der Waals surface area contributed by atoms with Crippen molar-refractivity contribution >= 4 is 5.71 Å². The predicted molar refractivity (Wildman–Crippen MR) is 129 cm³/mol. The van der Waals surface area contributed by atoms with Crippen LogP contribution in [0, 0.1) is 11.7 Å². The number of nitrogens with zero attached hydrogens (tertiary/aromatic N) is 3. The summed E-state index contributed by atoms with van der Waals surface area (Å²) < 4.78 is 36.2. The molecule has 2 aromatic carbocycles. The molecule has 3 aliphatic heterocycles. The highest BCUT2D eigenvalue weighted by Crippen LogP contribution is 2.41. The van der Waals surface area contributed by atoms with Crippen molar-refractivity contribution < 1.29 is 28.2 Å². The standard InChI is InChI=1S/C26H32FN3O5/c1-17(34-19-6-4-5-18(27)11-19)14-29-7-9-30(10-8-29)15-25-21-16-33-22-13-24(32-3)23(31-2)12-20(22)26(21)28-35-25/h4-6,11-13,17,21,25H,7-10,14-16H2,1-3H3. The van der Waals surface area contributed by atoms with Crippen molar-refractivity contribution in [2.45, 2.75) is 19.1 Å². The van der Waals surface area contributed by atoms with E-state index in [9.17, 15) is 4.39 Å². The van der Waals surface area contributed by atoms with Gasteiger partial charge in [-0.25, -0.2) is 4.39 Å². The van der Waals surface area contributed by atoms with Crippen molar-refractivity contribution in [3.8, 4) is 23.0 Å². The molecule has 9 heteroatoms. The molecule has 0 aromatic heterocycles. The Morgan fingerprint density at radius 2 is 1.80 bits per heavy atom. The van der Waals surface area contributed by atoms with Gasteiger partial charge in [0.05, 0.1) is 20.1 Å². The normalized spacial score (nSPS) is 22.8. The fourth-order valence-electron chi connectivity index (χ4n) is 4.98. The van der Waals surface area contributed by atoms with Gasteiger partial charge in [-0.15, -0.1) is 0 Å². The minimum atomic E-state index is -0.282. The van der Waals surface area contributed by atoms with Gasteiger partial charge in [-0.05, 0) is 25.1 Å². The molecule has 1 saturated heterocycles. The van der Waals surface area contributed by atoms with Crippen molar-refractivity contribution in [3.05, 3.63) is 47.8 Å². The van der Waals surface area contributed by atoms with Crippen LogP contribution in [-0.4, -0.2) is 87.8 Å². The van der Waals surface area contributed by atoms with Gasteiger partial charge in [-0.2, -0.15) is 0 Å². The summed E-state index contributed by atoms with van der Waals surface area (Å²) in [4.78, 5) is 10.7. The first-order valence-electron chi connectivity index (χ1n) is 12.0. The number of methoxy groups -OCH3 is 2. The Balaban J connectivity index is 1.12. The molecule has 3 atom stereocenters. The van der Waals surface area contributed by atoms with Crippen LogP contribution < -0.4 is 18.9 Å². The molecule has 0 aliphatic carbocycles. The number of hydrogen-bond donors (Lipinski definition) is 0. The Labute approximate surface area is 205 Å². The fraction of sp³-hybridized carbons (Fsp3) is 0.500. The Kier molecular flexibility index (Phi) is 6.97. The summed E-state index contributed by atoms with van der Waals surface area (Å²) in [5, 5.41) is 4.44. The van der Waals surface area contributed by atoms with Gasteiger partial charge in [-0.1, -0.05) is 11.2 Å². The molecule has 3 heterocycles. The van der Waals surface area contributed by atoms with E-state index in [1.807, 2.05) is 19.1 Å². The topological polar surface area (TPSA) is 65.0 Å². The second kappa shape index (κ2) is 10.3. The molecular formula is C26H32FN3O5. The Morgan fingerprint density at radius 1 is 1.06 bits per heavy atom. The van der Waals surface area contributed by atoms with Gasteiger partial charge < -0.3 is 23.8 Å². The molecule has 0 saturated carbocycles. The first-order chi connectivity index (χ1) is 17.0. The first kappa shape index (κ1) is 23.7. The highest BCUT2D eigenvalue weighted by atomic mass is 19.1. The summed E-state index contributed by atoms with van der Waals surface area (Å²) in [6, 6.07) is 10.1. The second-order valence-corrected chi connectivity index (χ2v) is 9.23. The molecule has 0 bridgehead atoms. The van der Waals surface area contributed by atoms with Gasteiger partial charge in [0.1, 0.15) is 35.7 Å². The molecule has 3 aliphatic rings. The van der Waals surface area contributed by atoms with E-state index in [0.29, 0.717) is 23.9 Å². The van der Waals surface area contributed by atoms with Crippen LogP contribution in [0.1, 0.15) is 12.5 Å². The zero-order valence-electron chi connectivity index (χ0n) is 20.4. The van der Waals surface area contributed by atoms with Crippen LogP contribution in [-0.2, 0) is 4.84 Å². The van der Waals surface area contributed by atoms with Crippen LogP contribution in [0.25, 0.3) is 0 Å². The maximum Gasteiger partial charge on any atom is 0.164 e. The van der Waals surface area contributed by atoms with Crippen molar-refractivity contribution in [2.24, 2.45) is 11.1 Å². The Hall–Kier alpha value is -3.04. The first-order valence-corrected chi connectivity index (χ1v) is 12.0. The maximum absolute atomic E-state index is 13.4. The summed E-state index contributed by atoms with van der Waals surface area (Å²) in [5.74, 6) is 2.39. The second-order valence-electron chi connectivity index (χ2n) is 9.23. The highest BCUT2D eigenvalue weighted by molar-refractivity contribution is 6.06. The van der Waals surface area contributed by atoms with E-state index in [-0.39, 0.29) is 23.9 Å². The van der Waals surface area contributed by atoms with Crippen molar-refractivity contribution in [1.82, 2.24) is 9.80 Å². The summed E-state index contributed by atoms with van der Waals surface area (Å²) in [6.07, 6.45) is -0.0689. The van der Waals surface area contributed by atoms with Crippen LogP contribution in [0.4, 0.5) is 4.39 Å². The van der Waals surface area contributed by atoms with Crippen LogP contribution in [0.5, 0.6) is 23.0 Å². The quantitative estimate of drug-likeness (QED) is 0.570. The minimum Gasteiger partial charge on any atom is -0.493 e. The molecule has 0 spiro atoms. The molecule has 2 aromatic rings. The molecule has 8 nitrogen and oxygen atoms in total. The molecule has 0 amide bonds. The van der Waals surface area contributed by atoms with Gasteiger partial charge in [0.2, 0.25) is 0 Å². The molecular weight excluding hydrogens is 453 g/mol. The average Bonchev–Trinajstić information content (AvgIpc) is 3.27. The van der Waals surface area contributed by atoms with E-state index in [4.69, 9.17) is 23.8 Å². The number of benzene rings is 2. The van der Waals surface area contributed by atoms with Gasteiger partial charge in [0, 0.05) is 57.0 Å². The zero-order valence-corrected chi connectivity index (χ0v) is 20.4. The molecule has 188 valence electrons. The number of oxime groups is 1. The zero-order chi connectivity index (χ0) is 24.4. The Bertz CT molecular complexity index is 1070. The lowest BCUT2D eigenvalue weighted by atomic mass is 9.90. The lowest BCUT2D eigenvalue weighted by Gasteiger charge is -2.37. The van der Waals surface area contributed by atoms with Gasteiger partial charge >= 0.3 is 0 Å². The van der Waals surface area contributed by atoms with E-state index >= 15 is 0 Å². The van der Waals surface area contributed by atoms with Gasteiger partial charge in [0.15, 0.2) is 17.6 Å². The van der Waals surface area contributed by atoms with E-state index < -0.39 is 0 Å². The smallest absolute Gasteiger partial charge is 0.164 e. The highest BCUT2D eigenvalue weighted by Gasteiger charge is 2.41. The average molecular weight is 486 g/mol. The number of hydrogen-bond acceptors (Lipinski definition) is 8. The maximum atomic E-state index is 13.4. The predicted octanol–water partition coefficient (Wildman–Crippen LogP) is 3.04. The number of halogens is 1. The summed E-state index contributed by atoms with van der Waals surface area (Å²) in [6.45, 7) is 7.92. The van der Waals surface area contributed by atoms with Crippen LogP contribution in [0.3, 0.4) is 0 Å². The minimum absolute atomic E-state index is 0.0208. The molecule has 5 rings (SSSR count). The van der Waals surface area contributed by atoms with Crippen molar-refractivity contribution in [1.29, 1.82) is 0 Å².